The number of likely N-dealkylation sites (tertiary alicyclic amines) is 1. The molecule has 9 heteroatoms. The molecule has 7 nitrogen and oxygen atoms in total. The average Bonchev–Trinajstić information content (AvgIpc) is 3.39. The summed E-state index contributed by atoms with van der Waals surface area (Å²) in [5, 5.41) is 1.50. The highest BCUT2D eigenvalue weighted by atomic mass is 32.2. The molecule has 0 aromatic heterocycles. The fourth-order valence-electron chi connectivity index (χ4n) is 4.34. The predicted octanol–water partition coefficient (Wildman–Crippen LogP) is 2.07. The van der Waals surface area contributed by atoms with Crippen LogP contribution >= 0.6 is 12.6 Å². The first kappa shape index (κ1) is 21.1. The maximum absolute atomic E-state index is 13.5. The van der Waals surface area contributed by atoms with Crippen molar-refractivity contribution in [3.05, 3.63) is 42.5 Å². The van der Waals surface area contributed by atoms with Gasteiger partial charge in [-0.25, -0.2) is 13.2 Å². The van der Waals surface area contributed by atoms with Crippen LogP contribution in [0.3, 0.4) is 0 Å². The van der Waals surface area contributed by atoms with Gasteiger partial charge in [-0.05, 0) is 42.2 Å². The number of benzene rings is 2. The molecule has 2 aliphatic heterocycles. The van der Waals surface area contributed by atoms with E-state index in [1.807, 2.05) is 24.3 Å². The van der Waals surface area contributed by atoms with Crippen molar-refractivity contribution in [2.75, 3.05) is 20.2 Å². The van der Waals surface area contributed by atoms with Crippen molar-refractivity contribution in [1.29, 1.82) is 0 Å². The number of amides is 1. The number of hydrogen-bond donors (Lipinski definition) is 1. The fourth-order valence-corrected chi connectivity index (χ4v) is 6.50. The van der Waals surface area contributed by atoms with Gasteiger partial charge in [0.05, 0.1) is 12.0 Å². The molecule has 4 rings (SSSR count). The molecule has 0 saturated carbocycles. The van der Waals surface area contributed by atoms with Crippen LogP contribution in [0.2, 0.25) is 0 Å². The number of esters is 1. The Morgan fingerprint density at radius 3 is 2.57 bits per heavy atom. The van der Waals surface area contributed by atoms with E-state index < -0.39 is 28.1 Å². The molecule has 0 aliphatic carbocycles. The number of methoxy groups -OCH3 is 1. The van der Waals surface area contributed by atoms with E-state index in [4.69, 9.17) is 4.74 Å². The molecule has 2 heterocycles. The number of carbonyl (C=O) groups is 2. The molecule has 2 saturated heterocycles. The van der Waals surface area contributed by atoms with E-state index in [9.17, 15) is 18.0 Å². The van der Waals surface area contributed by atoms with Crippen molar-refractivity contribution >= 4 is 45.3 Å². The van der Waals surface area contributed by atoms with Crippen molar-refractivity contribution in [3.8, 4) is 0 Å². The van der Waals surface area contributed by atoms with Crippen LogP contribution < -0.4 is 0 Å². The lowest BCUT2D eigenvalue weighted by Gasteiger charge is -2.29. The van der Waals surface area contributed by atoms with Gasteiger partial charge >= 0.3 is 5.97 Å². The number of rotatable bonds is 4. The maximum atomic E-state index is 13.5. The monoisotopic (exact) mass is 448 g/mol. The topological polar surface area (TPSA) is 84.0 Å². The fraction of sp³-hybridized carbons (Fsp3) is 0.429. The Morgan fingerprint density at radius 1 is 1.10 bits per heavy atom. The van der Waals surface area contributed by atoms with Crippen LogP contribution in [0, 0.1) is 0 Å². The van der Waals surface area contributed by atoms with Gasteiger partial charge < -0.3 is 9.64 Å². The molecular formula is C21H24N2O5S2. The minimum absolute atomic E-state index is 0.144. The quantitative estimate of drug-likeness (QED) is 0.572. The van der Waals surface area contributed by atoms with Gasteiger partial charge in [-0.2, -0.15) is 16.9 Å². The van der Waals surface area contributed by atoms with Crippen molar-refractivity contribution in [2.45, 2.75) is 41.5 Å². The van der Waals surface area contributed by atoms with E-state index in [-0.39, 0.29) is 22.6 Å². The molecular weight excluding hydrogens is 424 g/mol. The number of nitrogens with zero attached hydrogens (tertiary/aromatic N) is 2. The summed E-state index contributed by atoms with van der Waals surface area (Å²) in [6.45, 7) is 0.557. The molecule has 2 aromatic carbocycles. The van der Waals surface area contributed by atoms with Crippen LogP contribution in [0.15, 0.2) is 47.4 Å². The van der Waals surface area contributed by atoms with Crippen LogP contribution in [0.25, 0.3) is 10.8 Å². The Morgan fingerprint density at radius 2 is 1.83 bits per heavy atom. The summed E-state index contributed by atoms with van der Waals surface area (Å²) in [5.74, 6) is -0.825. The Hall–Kier alpha value is -2.10. The number of fused-ring (bicyclic) bond motifs is 1. The smallest absolute Gasteiger partial charge is 0.328 e. The summed E-state index contributed by atoms with van der Waals surface area (Å²) in [7, 11) is -2.62. The van der Waals surface area contributed by atoms with E-state index in [2.05, 4.69) is 12.6 Å². The van der Waals surface area contributed by atoms with Gasteiger partial charge in [0.15, 0.2) is 0 Å². The number of thiol groups is 1. The van der Waals surface area contributed by atoms with Gasteiger partial charge in [0.25, 0.3) is 0 Å². The maximum Gasteiger partial charge on any atom is 0.328 e. The van der Waals surface area contributed by atoms with Crippen molar-refractivity contribution in [1.82, 2.24) is 9.21 Å². The molecule has 0 N–H and O–H groups in total. The van der Waals surface area contributed by atoms with Gasteiger partial charge in [0.2, 0.25) is 15.9 Å². The lowest BCUT2D eigenvalue weighted by Crippen LogP contribution is -2.51. The summed E-state index contributed by atoms with van der Waals surface area (Å²) < 4.78 is 33.0. The highest BCUT2D eigenvalue weighted by Gasteiger charge is 2.47. The van der Waals surface area contributed by atoms with Gasteiger partial charge in [0, 0.05) is 18.3 Å². The molecule has 0 bridgehead atoms. The highest BCUT2D eigenvalue weighted by Crippen LogP contribution is 2.32. The SMILES string of the molecule is COC(=O)[C@@H]1CCCN1C(=O)[C@@H]1C[C@@H](S)CN1S(=O)(=O)c1ccc2ccccc2c1. The Balaban J connectivity index is 1.66. The summed E-state index contributed by atoms with van der Waals surface area (Å²) >= 11 is 4.46. The summed E-state index contributed by atoms with van der Waals surface area (Å²) in [4.78, 5) is 27.0. The number of ether oxygens (including phenoxy) is 1. The predicted molar refractivity (Wildman–Crippen MR) is 116 cm³/mol. The van der Waals surface area contributed by atoms with E-state index in [0.29, 0.717) is 25.8 Å². The van der Waals surface area contributed by atoms with Crippen LogP contribution in [0.1, 0.15) is 19.3 Å². The molecule has 3 atom stereocenters. The Kier molecular flexibility index (Phi) is 5.78. The molecule has 2 fully saturated rings. The van der Waals surface area contributed by atoms with E-state index in [0.717, 1.165) is 10.8 Å². The third kappa shape index (κ3) is 3.70. The molecule has 0 spiro atoms. The number of hydrogen-bond acceptors (Lipinski definition) is 6. The average molecular weight is 449 g/mol. The second-order valence-corrected chi connectivity index (χ2v) is 10.3. The van der Waals surface area contributed by atoms with E-state index in [1.165, 1.54) is 16.3 Å². The lowest BCUT2D eigenvalue weighted by molar-refractivity contribution is -0.152. The molecule has 30 heavy (non-hydrogen) atoms. The first-order chi connectivity index (χ1) is 14.3. The third-order valence-electron chi connectivity index (χ3n) is 5.86. The van der Waals surface area contributed by atoms with Gasteiger partial charge in [0.1, 0.15) is 12.1 Å². The second kappa shape index (κ2) is 8.20. The number of carbonyl (C=O) groups excluding carboxylic acids is 2. The van der Waals surface area contributed by atoms with Crippen LogP contribution in [0.4, 0.5) is 0 Å². The molecule has 2 aromatic rings. The molecule has 1 amide bonds. The first-order valence-corrected chi connectivity index (χ1v) is 11.9. The van der Waals surface area contributed by atoms with Crippen LogP contribution in [0.5, 0.6) is 0 Å². The second-order valence-electron chi connectivity index (χ2n) is 7.70. The highest BCUT2D eigenvalue weighted by molar-refractivity contribution is 7.89. The normalized spacial score (nSPS) is 25.0. The number of sulfonamides is 1. The first-order valence-electron chi connectivity index (χ1n) is 9.90. The largest absolute Gasteiger partial charge is 0.467 e. The van der Waals surface area contributed by atoms with Crippen molar-refractivity contribution in [3.63, 3.8) is 0 Å². The summed E-state index contributed by atoms with van der Waals surface area (Å²) in [6.07, 6.45) is 1.51. The van der Waals surface area contributed by atoms with E-state index in [1.54, 1.807) is 18.2 Å². The standard InChI is InChI=1S/C21H24N2O5S2/c1-28-21(25)18-7-4-10-22(18)20(24)19-12-16(29)13-23(19)30(26,27)17-9-8-14-5-2-3-6-15(14)11-17/h2-3,5-6,8-9,11,16,18-19,29H,4,7,10,12-13H2,1H3/t16-,18+,19+/m1/s1. The van der Waals surface area contributed by atoms with Gasteiger partial charge in [-0.3, -0.25) is 4.79 Å². The third-order valence-corrected chi connectivity index (χ3v) is 8.10. The van der Waals surface area contributed by atoms with Crippen molar-refractivity contribution in [2.24, 2.45) is 0 Å². The van der Waals surface area contributed by atoms with Crippen LogP contribution in [-0.2, 0) is 24.3 Å². The minimum Gasteiger partial charge on any atom is -0.467 e. The lowest BCUT2D eigenvalue weighted by atomic mass is 10.1. The Bertz CT molecular complexity index is 1090. The van der Waals surface area contributed by atoms with Crippen molar-refractivity contribution < 1.29 is 22.7 Å². The van der Waals surface area contributed by atoms with E-state index >= 15 is 0 Å². The van der Waals surface area contributed by atoms with Gasteiger partial charge in [-0.1, -0.05) is 30.3 Å². The van der Waals surface area contributed by atoms with Gasteiger partial charge in [-0.15, -0.1) is 0 Å². The molecule has 0 unspecified atom stereocenters. The molecule has 0 radical (unpaired) electrons. The zero-order valence-corrected chi connectivity index (χ0v) is 18.3. The van der Waals surface area contributed by atoms with Crippen LogP contribution in [-0.4, -0.2) is 67.0 Å². The molecule has 160 valence electrons. The minimum atomic E-state index is -3.91. The Labute approximate surface area is 181 Å². The molecule has 2 aliphatic rings. The zero-order chi connectivity index (χ0) is 21.5. The summed E-state index contributed by atoms with van der Waals surface area (Å²) in [6, 6.07) is 10.9. The summed E-state index contributed by atoms with van der Waals surface area (Å²) in [5.41, 5.74) is 0. The zero-order valence-electron chi connectivity index (χ0n) is 16.6.